The molecule has 1 rings (SSSR count). The molecule has 0 aromatic rings. The maximum Gasteiger partial charge on any atom is 0.166 e. The normalized spacial score (nSPS) is 24.9. The lowest BCUT2D eigenvalue weighted by atomic mass is 9.87. The summed E-state index contributed by atoms with van der Waals surface area (Å²) in [5.74, 6) is 0.253. The van der Waals surface area contributed by atoms with E-state index < -0.39 is 0 Å². The number of hydrogen-bond acceptors (Lipinski definition) is 3. The molecule has 0 amide bonds. The van der Waals surface area contributed by atoms with Crippen molar-refractivity contribution < 1.29 is 14.3 Å². The summed E-state index contributed by atoms with van der Waals surface area (Å²) in [5.41, 5.74) is 0. The van der Waals surface area contributed by atoms with Gasteiger partial charge in [-0.05, 0) is 12.8 Å². The Kier molecular flexibility index (Phi) is 3.69. The van der Waals surface area contributed by atoms with E-state index in [9.17, 15) is 4.79 Å². The van der Waals surface area contributed by atoms with Gasteiger partial charge in [-0.25, -0.2) is 0 Å². The third-order valence-electron chi connectivity index (χ3n) is 2.40. The van der Waals surface area contributed by atoms with Crippen molar-refractivity contribution in [2.45, 2.75) is 32.0 Å². The molecule has 3 nitrogen and oxygen atoms in total. The van der Waals surface area contributed by atoms with Gasteiger partial charge in [0, 0.05) is 20.6 Å². The fourth-order valence-electron chi connectivity index (χ4n) is 1.72. The van der Waals surface area contributed by atoms with E-state index >= 15 is 0 Å². The van der Waals surface area contributed by atoms with Crippen molar-refractivity contribution in [3.05, 3.63) is 0 Å². The SMILES string of the molecule is COC(OC)[C@H]1CCCCC1=O. The number of Topliss-reactive ketones (excluding diaryl/α,β-unsaturated/α-hetero) is 1. The van der Waals surface area contributed by atoms with Crippen molar-refractivity contribution >= 4 is 5.78 Å². The average Bonchev–Trinajstić information content (AvgIpc) is 2.10. The van der Waals surface area contributed by atoms with Gasteiger partial charge in [-0.3, -0.25) is 4.79 Å². The molecule has 0 saturated heterocycles. The van der Waals surface area contributed by atoms with Crippen LogP contribution < -0.4 is 0 Å². The van der Waals surface area contributed by atoms with Crippen LogP contribution in [-0.2, 0) is 14.3 Å². The van der Waals surface area contributed by atoms with Crippen molar-refractivity contribution in [1.29, 1.82) is 0 Å². The van der Waals surface area contributed by atoms with E-state index in [0.717, 1.165) is 19.3 Å². The highest BCUT2D eigenvalue weighted by Crippen LogP contribution is 2.24. The van der Waals surface area contributed by atoms with Gasteiger partial charge < -0.3 is 9.47 Å². The first-order valence-electron chi connectivity index (χ1n) is 4.38. The molecule has 0 aromatic carbocycles. The summed E-state index contributed by atoms with van der Waals surface area (Å²) in [5, 5.41) is 0. The van der Waals surface area contributed by atoms with Crippen LogP contribution in [0.1, 0.15) is 25.7 Å². The maximum absolute atomic E-state index is 11.4. The maximum atomic E-state index is 11.4. The second-order valence-electron chi connectivity index (χ2n) is 3.16. The first-order valence-corrected chi connectivity index (χ1v) is 4.38. The van der Waals surface area contributed by atoms with Crippen LogP contribution in [0.25, 0.3) is 0 Å². The summed E-state index contributed by atoms with van der Waals surface area (Å²) in [6.07, 6.45) is 3.39. The third kappa shape index (κ3) is 2.05. The van der Waals surface area contributed by atoms with Crippen LogP contribution in [0, 0.1) is 5.92 Å². The highest BCUT2D eigenvalue weighted by Gasteiger charge is 2.30. The van der Waals surface area contributed by atoms with Gasteiger partial charge in [-0.15, -0.1) is 0 Å². The molecule has 1 atom stereocenters. The highest BCUT2D eigenvalue weighted by molar-refractivity contribution is 5.82. The van der Waals surface area contributed by atoms with Crippen LogP contribution in [0.4, 0.5) is 0 Å². The van der Waals surface area contributed by atoms with Gasteiger partial charge >= 0.3 is 0 Å². The van der Waals surface area contributed by atoms with Crippen LogP contribution in [-0.4, -0.2) is 26.3 Å². The smallest absolute Gasteiger partial charge is 0.166 e. The number of ether oxygens (including phenoxy) is 2. The lowest BCUT2D eigenvalue weighted by Gasteiger charge is -2.26. The molecule has 0 heterocycles. The molecule has 12 heavy (non-hydrogen) atoms. The highest BCUT2D eigenvalue weighted by atomic mass is 16.7. The molecule has 0 N–H and O–H groups in total. The Morgan fingerprint density at radius 3 is 2.50 bits per heavy atom. The second kappa shape index (κ2) is 4.58. The Morgan fingerprint density at radius 2 is 2.00 bits per heavy atom. The lowest BCUT2D eigenvalue weighted by molar-refractivity contribution is -0.160. The topological polar surface area (TPSA) is 35.5 Å². The zero-order valence-corrected chi connectivity index (χ0v) is 7.71. The summed E-state index contributed by atoms with van der Waals surface area (Å²) < 4.78 is 10.1. The first-order chi connectivity index (χ1) is 5.79. The second-order valence-corrected chi connectivity index (χ2v) is 3.16. The van der Waals surface area contributed by atoms with E-state index in [1.54, 1.807) is 14.2 Å². The van der Waals surface area contributed by atoms with E-state index in [1.165, 1.54) is 0 Å². The van der Waals surface area contributed by atoms with E-state index in [-0.39, 0.29) is 18.0 Å². The molecule has 0 radical (unpaired) electrons. The number of methoxy groups -OCH3 is 2. The molecule has 1 aliphatic rings. The Bertz CT molecular complexity index is 152. The molecule has 0 aromatic heterocycles. The zero-order chi connectivity index (χ0) is 8.97. The van der Waals surface area contributed by atoms with Gasteiger partial charge in [0.1, 0.15) is 5.78 Å². The van der Waals surface area contributed by atoms with Crippen molar-refractivity contribution in [3.8, 4) is 0 Å². The lowest BCUT2D eigenvalue weighted by Crippen LogP contribution is -2.33. The summed E-state index contributed by atoms with van der Waals surface area (Å²) in [7, 11) is 3.16. The molecule has 0 aliphatic heterocycles. The van der Waals surface area contributed by atoms with E-state index in [0.29, 0.717) is 6.42 Å². The summed E-state index contributed by atoms with van der Waals surface area (Å²) in [4.78, 5) is 11.4. The fraction of sp³-hybridized carbons (Fsp3) is 0.889. The first kappa shape index (κ1) is 9.68. The van der Waals surface area contributed by atoms with Gasteiger partial charge in [0.15, 0.2) is 6.29 Å². The summed E-state index contributed by atoms with van der Waals surface area (Å²) >= 11 is 0. The third-order valence-corrected chi connectivity index (χ3v) is 2.40. The number of rotatable bonds is 3. The van der Waals surface area contributed by atoms with Crippen molar-refractivity contribution in [2.24, 2.45) is 5.92 Å². The van der Waals surface area contributed by atoms with Gasteiger partial charge in [-0.2, -0.15) is 0 Å². The number of hydrogen-bond donors (Lipinski definition) is 0. The molecule has 1 fully saturated rings. The molecule has 0 unspecified atom stereocenters. The molecular weight excluding hydrogens is 156 g/mol. The van der Waals surface area contributed by atoms with Crippen molar-refractivity contribution in [1.82, 2.24) is 0 Å². The Morgan fingerprint density at radius 1 is 1.33 bits per heavy atom. The summed E-state index contributed by atoms with van der Waals surface area (Å²) in [6, 6.07) is 0. The molecular formula is C9H16O3. The zero-order valence-electron chi connectivity index (χ0n) is 7.71. The minimum atomic E-state index is -0.335. The van der Waals surface area contributed by atoms with Crippen molar-refractivity contribution in [2.75, 3.05) is 14.2 Å². The monoisotopic (exact) mass is 172 g/mol. The predicted molar refractivity (Wildman–Crippen MR) is 44.8 cm³/mol. The Hall–Kier alpha value is -0.410. The standard InChI is InChI=1S/C9H16O3/c1-11-9(12-2)7-5-3-4-6-8(7)10/h7,9H,3-6H2,1-2H3/t7-/m0/s1. The molecule has 0 bridgehead atoms. The molecule has 1 aliphatic carbocycles. The number of ketones is 1. The van der Waals surface area contributed by atoms with Crippen LogP contribution >= 0.6 is 0 Å². The van der Waals surface area contributed by atoms with Gasteiger partial charge in [0.2, 0.25) is 0 Å². The Labute approximate surface area is 73.0 Å². The van der Waals surface area contributed by atoms with Crippen LogP contribution in [0.15, 0.2) is 0 Å². The van der Waals surface area contributed by atoms with Crippen molar-refractivity contribution in [3.63, 3.8) is 0 Å². The van der Waals surface area contributed by atoms with E-state index in [4.69, 9.17) is 9.47 Å². The summed E-state index contributed by atoms with van der Waals surface area (Å²) in [6.45, 7) is 0. The van der Waals surface area contributed by atoms with Gasteiger partial charge in [-0.1, -0.05) is 6.42 Å². The van der Waals surface area contributed by atoms with E-state index in [2.05, 4.69) is 0 Å². The average molecular weight is 172 g/mol. The molecule has 70 valence electrons. The number of carbonyl (C=O) groups is 1. The fourth-order valence-corrected chi connectivity index (χ4v) is 1.72. The van der Waals surface area contributed by atoms with Crippen LogP contribution in [0.5, 0.6) is 0 Å². The Balaban J connectivity index is 2.51. The number of carbonyl (C=O) groups excluding carboxylic acids is 1. The minimum Gasteiger partial charge on any atom is -0.355 e. The largest absolute Gasteiger partial charge is 0.355 e. The van der Waals surface area contributed by atoms with Gasteiger partial charge in [0.05, 0.1) is 5.92 Å². The van der Waals surface area contributed by atoms with Crippen LogP contribution in [0.3, 0.4) is 0 Å². The quantitative estimate of drug-likeness (QED) is 0.603. The van der Waals surface area contributed by atoms with E-state index in [1.807, 2.05) is 0 Å². The van der Waals surface area contributed by atoms with Crippen LogP contribution in [0.2, 0.25) is 0 Å². The molecule has 3 heteroatoms. The minimum absolute atomic E-state index is 0.0336. The predicted octanol–water partition coefficient (Wildman–Crippen LogP) is 1.36. The molecule has 1 saturated carbocycles. The molecule has 0 spiro atoms. The van der Waals surface area contributed by atoms with Gasteiger partial charge in [0.25, 0.3) is 0 Å².